The second kappa shape index (κ2) is 7.62. The molecule has 5 heteroatoms. The summed E-state index contributed by atoms with van der Waals surface area (Å²) >= 11 is 5.12. The zero-order chi connectivity index (χ0) is 17.1. The second-order valence-electron chi connectivity index (χ2n) is 5.89. The van der Waals surface area contributed by atoms with Gasteiger partial charge in [-0.05, 0) is 30.5 Å². The lowest BCUT2D eigenvalue weighted by atomic mass is 10.0. The minimum Gasteiger partial charge on any atom is -0.299 e. The van der Waals surface area contributed by atoms with Crippen LogP contribution in [-0.4, -0.2) is 9.55 Å². The molecule has 0 aliphatic heterocycles. The molecule has 0 amide bonds. The number of halogens is 1. The van der Waals surface area contributed by atoms with E-state index in [0.29, 0.717) is 0 Å². The first-order valence-electron chi connectivity index (χ1n) is 8.42. The van der Waals surface area contributed by atoms with Gasteiger partial charge in [0.05, 0.1) is 11.7 Å². The molecule has 3 aromatic rings. The Morgan fingerprint density at radius 2 is 1.92 bits per heavy atom. The number of aromatic nitrogens is 2. The van der Waals surface area contributed by atoms with Crippen LogP contribution in [0.5, 0.6) is 0 Å². The van der Waals surface area contributed by atoms with Crippen molar-refractivity contribution < 1.29 is 0 Å². The number of aryl methyl sites for hydroxylation is 2. The van der Waals surface area contributed by atoms with Gasteiger partial charge in [-0.15, -0.1) is 11.3 Å². The maximum Gasteiger partial charge on any atom is 0.262 e. The maximum atomic E-state index is 13.0. The van der Waals surface area contributed by atoms with Crippen molar-refractivity contribution in [3.63, 3.8) is 0 Å². The van der Waals surface area contributed by atoms with Crippen molar-refractivity contribution in [2.75, 3.05) is 0 Å². The first-order chi connectivity index (χ1) is 11.7. The quantitative estimate of drug-likeness (QED) is 0.498. The molecule has 3 nitrogen and oxygen atoms in total. The van der Waals surface area contributed by atoms with Gasteiger partial charge in [0.2, 0.25) is 0 Å². The summed E-state index contributed by atoms with van der Waals surface area (Å²) in [5, 5.41) is 0.776. The SMILES string of the molecule is CCCCCn1cnc2sc(CC)c(-c3ccc(Br)cc3)c2c1=O. The topological polar surface area (TPSA) is 34.9 Å². The van der Waals surface area contributed by atoms with Gasteiger partial charge >= 0.3 is 0 Å². The molecule has 0 aliphatic carbocycles. The molecule has 0 bridgehead atoms. The Kier molecular flexibility index (Phi) is 5.51. The van der Waals surface area contributed by atoms with E-state index in [1.54, 1.807) is 22.2 Å². The number of benzene rings is 1. The van der Waals surface area contributed by atoms with Gasteiger partial charge in [-0.25, -0.2) is 4.98 Å². The Hall–Kier alpha value is -1.46. The van der Waals surface area contributed by atoms with E-state index in [2.05, 4.69) is 46.9 Å². The summed E-state index contributed by atoms with van der Waals surface area (Å²) in [6, 6.07) is 8.18. The summed E-state index contributed by atoms with van der Waals surface area (Å²) in [7, 11) is 0. The van der Waals surface area contributed by atoms with Crippen molar-refractivity contribution >= 4 is 37.5 Å². The zero-order valence-electron chi connectivity index (χ0n) is 14.0. The summed E-state index contributed by atoms with van der Waals surface area (Å²) in [6.07, 6.45) is 5.91. The minimum atomic E-state index is 0.0879. The fourth-order valence-corrected chi connectivity index (χ4v) is 4.29. The van der Waals surface area contributed by atoms with E-state index < -0.39 is 0 Å². The Labute approximate surface area is 154 Å². The summed E-state index contributed by atoms with van der Waals surface area (Å²) in [5.41, 5.74) is 2.24. The van der Waals surface area contributed by atoms with Crippen LogP contribution in [0.25, 0.3) is 21.3 Å². The van der Waals surface area contributed by atoms with Crippen LogP contribution < -0.4 is 5.56 Å². The molecule has 24 heavy (non-hydrogen) atoms. The Bertz CT molecular complexity index is 896. The molecule has 0 saturated heterocycles. The molecule has 0 saturated carbocycles. The van der Waals surface area contributed by atoms with Crippen molar-refractivity contribution in [3.8, 4) is 11.1 Å². The summed E-state index contributed by atoms with van der Waals surface area (Å²) in [6.45, 7) is 5.04. The molecule has 126 valence electrons. The smallest absolute Gasteiger partial charge is 0.262 e. The van der Waals surface area contributed by atoms with Crippen LogP contribution in [0.3, 0.4) is 0 Å². The number of fused-ring (bicyclic) bond motifs is 1. The molecular formula is C19H21BrN2OS. The molecule has 2 aromatic heterocycles. The molecule has 3 rings (SSSR count). The number of thiophene rings is 1. The highest BCUT2D eigenvalue weighted by molar-refractivity contribution is 9.10. The van der Waals surface area contributed by atoms with Crippen LogP contribution in [-0.2, 0) is 13.0 Å². The van der Waals surface area contributed by atoms with Crippen LogP contribution >= 0.6 is 27.3 Å². The highest BCUT2D eigenvalue weighted by Crippen LogP contribution is 2.36. The fraction of sp³-hybridized carbons (Fsp3) is 0.368. The van der Waals surface area contributed by atoms with Crippen LogP contribution in [0.15, 0.2) is 39.9 Å². The predicted octanol–water partition coefficient (Wildman–Crippen LogP) is 5.64. The van der Waals surface area contributed by atoms with E-state index in [1.165, 1.54) is 4.88 Å². The second-order valence-corrected chi connectivity index (χ2v) is 7.89. The molecule has 0 aliphatic rings. The molecule has 0 N–H and O–H groups in total. The van der Waals surface area contributed by atoms with E-state index in [1.807, 2.05) is 12.1 Å². The van der Waals surface area contributed by atoms with Crippen LogP contribution in [0.4, 0.5) is 0 Å². The van der Waals surface area contributed by atoms with E-state index in [4.69, 9.17) is 0 Å². The van der Waals surface area contributed by atoms with E-state index >= 15 is 0 Å². The lowest BCUT2D eigenvalue weighted by Gasteiger charge is -2.07. The van der Waals surface area contributed by atoms with Gasteiger partial charge in [0.25, 0.3) is 5.56 Å². The Balaban J connectivity index is 2.17. The third-order valence-electron chi connectivity index (χ3n) is 4.21. The van der Waals surface area contributed by atoms with Crippen molar-refractivity contribution in [3.05, 3.63) is 50.3 Å². The third-order valence-corrected chi connectivity index (χ3v) is 5.98. The molecule has 1 aromatic carbocycles. The van der Waals surface area contributed by atoms with Crippen molar-refractivity contribution in [1.29, 1.82) is 0 Å². The van der Waals surface area contributed by atoms with Crippen LogP contribution in [0, 0.1) is 0 Å². The van der Waals surface area contributed by atoms with Gasteiger partial charge in [0.1, 0.15) is 4.83 Å². The average molecular weight is 405 g/mol. The van der Waals surface area contributed by atoms with E-state index in [-0.39, 0.29) is 5.56 Å². The molecule has 2 heterocycles. The van der Waals surface area contributed by atoms with Gasteiger partial charge in [-0.3, -0.25) is 9.36 Å². The highest BCUT2D eigenvalue weighted by Gasteiger charge is 2.18. The third kappa shape index (κ3) is 3.33. The molecule has 0 radical (unpaired) electrons. The molecule has 0 spiro atoms. The Morgan fingerprint density at radius 1 is 1.17 bits per heavy atom. The summed E-state index contributed by atoms with van der Waals surface area (Å²) in [5.74, 6) is 0. The molecule has 0 unspecified atom stereocenters. The normalized spacial score (nSPS) is 11.3. The lowest BCUT2D eigenvalue weighted by molar-refractivity contribution is 0.584. The van der Waals surface area contributed by atoms with Gasteiger partial charge in [0, 0.05) is 21.5 Å². The first-order valence-corrected chi connectivity index (χ1v) is 10.0. The van der Waals surface area contributed by atoms with Gasteiger partial charge in [-0.1, -0.05) is 54.8 Å². The number of rotatable bonds is 6. The number of hydrogen-bond acceptors (Lipinski definition) is 3. The summed E-state index contributed by atoms with van der Waals surface area (Å²) in [4.78, 5) is 19.7. The standard InChI is InChI=1S/C19H21BrN2OS/c1-3-5-6-11-22-12-21-18-17(19(22)23)16(15(4-2)24-18)13-7-9-14(20)10-8-13/h7-10,12H,3-6,11H2,1-2H3. The molecular weight excluding hydrogens is 384 g/mol. The van der Waals surface area contributed by atoms with Gasteiger partial charge < -0.3 is 0 Å². The molecule has 0 fully saturated rings. The lowest BCUT2D eigenvalue weighted by Crippen LogP contribution is -2.20. The molecule has 0 atom stereocenters. The number of unbranched alkanes of at least 4 members (excludes halogenated alkanes) is 2. The number of nitrogens with zero attached hydrogens (tertiary/aromatic N) is 2. The fourth-order valence-electron chi connectivity index (χ4n) is 2.93. The van der Waals surface area contributed by atoms with Crippen LogP contribution in [0.2, 0.25) is 0 Å². The highest BCUT2D eigenvalue weighted by atomic mass is 79.9. The predicted molar refractivity (Wildman–Crippen MR) is 106 cm³/mol. The van der Waals surface area contributed by atoms with Crippen molar-refractivity contribution in [1.82, 2.24) is 9.55 Å². The van der Waals surface area contributed by atoms with Gasteiger partial charge in [0.15, 0.2) is 0 Å². The number of hydrogen-bond donors (Lipinski definition) is 0. The summed E-state index contributed by atoms with van der Waals surface area (Å²) < 4.78 is 2.81. The Morgan fingerprint density at radius 3 is 2.58 bits per heavy atom. The zero-order valence-corrected chi connectivity index (χ0v) is 16.4. The van der Waals surface area contributed by atoms with Crippen molar-refractivity contribution in [2.45, 2.75) is 46.1 Å². The largest absolute Gasteiger partial charge is 0.299 e. The van der Waals surface area contributed by atoms with Gasteiger partial charge in [-0.2, -0.15) is 0 Å². The van der Waals surface area contributed by atoms with Crippen LogP contribution in [0.1, 0.15) is 38.0 Å². The average Bonchev–Trinajstić information content (AvgIpc) is 2.97. The minimum absolute atomic E-state index is 0.0879. The van der Waals surface area contributed by atoms with Crippen molar-refractivity contribution in [2.24, 2.45) is 0 Å². The van der Waals surface area contributed by atoms with E-state index in [9.17, 15) is 4.79 Å². The maximum absolute atomic E-state index is 13.0. The monoisotopic (exact) mass is 404 g/mol. The first kappa shape index (κ1) is 17.4. The van der Waals surface area contributed by atoms with E-state index in [0.717, 1.165) is 58.0 Å².